The lowest BCUT2D eigenvalue weighted by Gasteiger charge is -2.33. The highest BCUT2D eigenvalue weighted by atomic mass is 15.3. The van der Waals surface area contributed by atoms with Crippen molar-refractivity contribution >= 4 is 5.95 Å². The smallest absolute Gasteiger partial charge is 0.225 e. The van der Waals surface area contributed by atoms with Crippen LogP contribution in [-0.2, 0) is 5.41 Å². The summed E-state index contributed by atoms with van der Waals surface area (Å²) in [6.45, 7) is 9.80. The van der Waals surface area contributed by atoms with Gasteiger partial charge in [-0.1, -0.05) is 20.8 Å². The Kier molecular flexibility index (Phi) is 4.40. The van der Waals surface area contributed by atoms with Gasteiger partial charge in [0, 0.05) is 24.7 Å². The lowest BCUT2D eigenvalue weighted by molar-refractivity contribution is 0.398. The van der Waals surface area contributed by atoms with Gasteiger partial charge < -0.3 is 10.2 Å². The first-order valence-corrected chi connectivity index (χ1v) is 7.24. The molecule has 1 N–H and O–H groups in total. The van der Waals surface area contributed by atoms with Gasteiger partial charge in [-0.3, -0.25) is 0 Å². The molecule has 4 nitrogen and oxygen atoms in total. The van der Waals surface area contributed by atoms with Crippen molar-refractivity contribution in [3.05, 3.63) is 18.0 Å². The Morgan fingerprint density at radius 1 is 1.42 bits per heavy atom. The second kappa shape index (κ2) is 5.87. The van der Waals surface area contributed by atoms with Gasteiger partial charge in [-0.05, 0) is 38.4 Å². The first-order chi connectivity index (χ1) is 9.00. The van der Waals surface area contributed by atoms with E-state index in [0.29, 0.717) is 5.92 Å². The summed E-state index contributed by atoms with van der Waals surface area (Å²) < 4.78 is 0. The van der Waals surface area contributed by atoms with Crippen LogP contribution in [0, 0.1) is 5.92 Å². The molecular weight excluding hydrogens is 236 g/mol. The number of aromatic nitrogens is 2. The average Bonchev–Trinajstić information content (AvgIpc) is 2.39. The van der Waals surface area contributed by atoms with Crippen molar-refractivity contribution < 1.29 is 0 Å². The van der Waals surface area contributed by atoms with E-state index in [1.54, 1.807) is 0 Å². The van der Waals surface area contributed by atoms with Crippen LogP contribution in [0.3, 0.4) is 0 Å². The number of piperidine rings is 1. The summed E-state index contributed by atoms with van der Waals surface area (Å²) in [6, 6.07) is 2.03. The van der Waals surface area contributed by atoms with Crippen molar-refractivity contribution in [2.24, 2.45) is 5.92 Å². The van der Waals surface area contributed by atoms with Gasteiger partial charge in [0.25, 0.3) is 0 Å². The van der Waals surface area contributed by atoms with Crippen LogP contribution in [-0.4, -0.2) is 36.6 Å². The largest absolute Gasteiger partial charge is 0.340 e. The molecule has 1 aliphatic heterocycles. The third-order valence-electron chi connectivity index (χ3n) is 3.71. The molecule has 0 bridgehead atoms. The van der Waals surface area contributed by atoms with Crippen LogP contribution < -0.4 is 10.2 Å². The molecule has 2 heterocycles. The number of nitrogens with zero attached hydrogens (tertiary/aromatic N) is 3. The number of anilines is 1. The van der Waals surface area contributed by atoms with Gasteiger partial charge in [0.05, 0.1) is 5.69 Å². The maximum atomic E-state index is 4.76. The molecule has 2 rings (SSSR count). The molecule has 1 saturated heterocycles. The van der Waals surface area contributed by atoms with Gasteiger partial charge in [0.15, 0.2) is 0 Å². The van der Waals surface area contributed by atoms with E-state index in [1.807, 2.05) is 19.3 Å². The van der Waals surface area contributed by atoms with Crippen LogP contribution in [0.1, 0.15) is 39.3 Å². The number of hydrogen-bond donors (Lipinski definition) is 1. The number of hydrogen-bond acceptors (Lipinski definition) is 4. The molecule has 0 aromatic carbocycles. The lowest BCUT2D eigenvalue weighted by atomic mass is 9.92. The summed E-state index contributed by atoms with van der Waals surface area (Å²) in [6.07, 6.45) is 4.43. The van der Waals surface area contributed by atoms with Crippen molar-refractivity contribution in [1.29, 1.82) is 0 Å². The zero-order valence-electron chi connectivity index (χ0n) is 12.6. The number of rotatable bonds is 3. The topological polar surface area (TPSA) is 41.0 Å². The Labute approximate surface area is 116 Å². The fourth-order valence-electron chi connectivity index (χ4n) is 2.62. The van der Waals surface area contributed by atoms with E-state index >= 15 is 0 Å². The standard InChI is InChI=1S/C15H26N4/c1-15(2,3)13-7-8-17-14(18-13)19-9-5-6-12(11-19)10-16-4/h7-8,12,16H,5-6,9-11H2,1-4H3. The second-order valence-corrected chi connectivity index (χ2v) is 6.50. The van der Waals surface area contributed by atoms with E-state index in [-0.39, 0.29) is 5.41 Å². The van der Waals surface area contributed by atoms with Crippen molar-refractivity contribution in [3.8, 4) is 0 Å². The summed E-state index contributed by atoms with van der Waals surface area (Å²) in [4.78, 5) is 11.6. The van der Waals surface area contributed by atoms with Crippen LogP contribution in [0.4, 0.5) is 5.95 Å². The van der Waals surface area contributed by atoms with Crippen LogP contribution in [0.2, 0.25) is 0 Å². The zero-order valence-corrected chi connectivity index (χ0v) is 12.6. The molecule has 1 unspecified atom stereocenters. The molecular formula is C15H26N4. The van der Waals surface area contributed by atoms with Crippen molar-refractivity contribution in [3.63, 3.8) is 0 Å². The summed E-state index contributed by atoms with van der Waals surface area (Å²) in [5.41, 5.74) is 1.20. The molecule has 1 aromatic rings. The van der Waals surface area contributed by atoms with Gasteiger partial charge in [-0.25, -0.2) is 9.97 Å². The highest BCUT2D eigenvalue weighted by Crippen LogP contribution is 2.24. The Hall–Kier alpha value is -1.16. The van der Waals surface area contributed by atoms with E-state index in [2.05, 4.69) is 36.0 Å². The van der Waals surface area contributed by atoms with E-state index in [9.17, 15) is 0 Å². The Morgan fingerprint density at radius 2 is 2.21 bits per heavy atom. The average molecular weight is 262 g/mol. The van der Waals surface area contributed by atoms with Gasteiger partial charge in [-0.2, -0.15) is 0 Å². The quantitative estimate of drug-likeness (QED) is 0.907. The van der Waals surface area contributed by atoms with Crippen molar-refractivity contribution in [2.75, 3.05) is 31.6 Å². The first-order valence-electron chi connectivity index (χ1n) is 7.24. The van der Waals surface area contributed by atoms with Gasteiger partial charge in [-0.15, -0.1) is 0 Å². The highest BCUT2D eigenvalue weighted by Gasteiger charge is 2.23. The summed E-state index contributed by atoms with van der Waals surface area (Å²) in [7, 11) is 2.02. The Balaban J connectivity index is 2.13. The molecule has 4 heteroatoms. The maximum Gasteiger partial charge on any atom is 0.225 e. The van der Waals surface area contributed by atoms with Gasteiger partial charge >= 0.3 is 0 Å². The second-order valence-electron chi connectivity index (χ2n) is 6.50. The monoisotopic (exact) mass is 262 g/mol. The molecule has 1 aliphatic rings. The first kappa shape index (κ1) is 14.3. The third-order valence-corrected chi connectivity index (χ3v) is 3.71. The molecule has 1 fully saturated rings. The molecule has 19 heavy (non-hydrogen) atoms. The van der Waals surface area contributed by atoms with E-state index < -0.39 is 0 Å². The molecule has 0 aliphatic carbocycles. The van der Waals surface area contributed by atoms with Gasteiger partial charge in [0.1, 0.15) is 0 Å². The highest BCUT2D eigenvalue weighted by molar-refractivity contribution is 5.32. The summed E-state index contributed by atoms with van der Waals surface area (Å²) in [5.74, 6) is 1.61. The summed E-state index contributed by atoms with van der Waals surface area (Å²) in [5, 5.41) is 3.28. The lowest BCUT2D eigenvalue weighted by Crippen LogP contribution is -2.40. The normalized spacial score (nSPS) is 20.6. The fourth-order valence-corrected chi connectivity index (χ4v) is 2.62. The molecule has 1 atom stereocenters. The SMILES string of the molecule is CNCC1CCCN(c2nccc(C(C)(C)C)n2)C1. The van der Waals surface area contributed by atoms with Crippen LogP contribution in [0.25, 0.3) is 0 Å². The third kappa shape index (κ3) is 3.66. The predicted molar refractivity (Wildman–Crippen MR) is 79.6 cm³/mol. The van der Waals surface area contributed by atoms with Crippen molar-refractivity contribution in [2.45, 2.75) is 39.0 Å². The van der Waals surface area contributed by atoms with Crippen LogP contribution >= 0.6 is 0 Å². The van der Waals surface area contributed by atoms with E-state index in [1.165, 1.54) is 12.8 Å². The van der Waals surface area contributed by atoms with Gasteiger partial charge in [0.2, 0.25) is 5.95 Å². The fraction of sp³-hybridized carbons (Fsp3) is 0.733. The molecule has 0 saturated carbocycles. The Bertz CT molecular complexity index is 409. The van der Waals surface area contributed by atoms with E-state index in [0.717, 1.165) is 31.3 Å². The molecule has 0 radical (unpaired) electrons. The molecule has 0 amide bonds. The minimum absolute atomic E-state index is 0.0812. The van der Waals surface area contributed by atoms with Crippen LogP contribution in [0.15, 0.2) is 12.3 Å². The van der Waals surface area contributed by atoms with E-state index in [4.69, 9.17) is 4.98 Å². The molecule has 106 valence electrons. The molecule has 0 spiro atoms. The molecule has 1 aromatic heterocycles. The van der Waals surface area contributed by atoms with Crippen LogP contribution in [0.5, 0.6) is 0 Å². The Morgan fingerprint density at radius 3 is 2.89 bits per heavy atom. The zero-order chi connectivity index (χ0) is 13.9. The van der Waals surface area contributed by atoms with Crippen molar-refractivity contribution in [1.82, 2.24) is 15.3 Å². The predicted octanol–water partition coefficient (Wildman–Crippen LogP) is 2.21. The minimum atomic E-state index is 0.0812. The maximum absolute atomic E-state index is 4.76. The number of nitrogens with one attached hydrogen (secondary N) is 1. The minimum Gasteiger partial charge on any atom is -0.340 e. The summed E-state index contributed by atoms with van der Waals surface area (Å²) >= 11 is 0.